The Balaban J connectivity index is 1.31. The second-order valence-electron chi connectivity index (χ2n) is 15.4. The maximum Gasteiger partial charge on any atom is 0.305 e. The number of aliphatic hydroxyl groups excluding tert-OH is 1. The number of hydrogen-bond donors (Lipinski definition) is 1. The van der Waals surface area contributed by atoms with Gasteiger partial charge in [0.05, 0.1) is 43.2 Å². The lowest BCUT2D eigenvalue weighted by atomic mass is 9.82. The number of fused-ring (bicyclic) bond motifs is 4. The van der Waals surface area contributed by atoms with Crippen molar-refractivity contribution in [2.45, 2.75) is 69.5 Å². The van der Waals surface area contributed by atoms with Crippen LogP contribution in [0.1, 0.15) is 54.1 Å². The number of hydrogen-bond acceptors (Lipinski definition) is 8. The largest absolute Gasteiger partial charge is 0.469 e. The molecule has 1 fully saturated rings. The van der Waals surface area contributed by atoms with Crippen LogP contribution in [0.3, 0.4) is 0 Å². The molecular weight excluding hydrogens is 746 g/mol. The average Bonchev–Trinajstić information content (AvgIpc) is 3.57. The summed E-state index contributed by atoms with van der Waals surface area (Å²) in [7, 11) is -2.33. The van der Waals surface area contributed by atoms with E-state index in [1.165, 1.54) is 12.0 Å². The predicted octanol–water partition coefficient (Wildman–Crippen LogP) is 7.65. The second kappa shape index (κ2) is 16.2. The van der Waals surface area contributed by atoms with Crippen molar-refractivity contribution in [1.82, 2.24) is 4.90 Å². The van der Waals surface area contributed by atoms with Crippen LogP contribution < -0.4 is 14.5 Å². The number of aliphatic hydroxyl groups is 1. The van der Waals surface area contributed by atoms with Crippen LogP contribution in [0.4, 0.5) is 21.2 Å². The van der Waals surface area contributed by atoms with E-state index in [1.807, 2.05) is 49.4 Å². The number of nitrogens with zero attached hydrogens (tertiary/aromatic N) is 3. The molecule has 4 aromatic rings. The molecule has 1 spiro atoms. The van der Waals surface area contributed by atoms with Gasteiger partial charge in [-0.3, -0.25) is 24.1 Å². The lowest BCUT2D eigenvalue weighted by Crippen LogP contribution is -2.45. The molecule has 4 atom stereocenters. The number of methoxy groups -OCH3 is 1. The van der Waals surface area contributed by atoms with Gasteiger partial charge in [-0.25, -0.2) is 0 Å². The van der Waals surface area contributed by atoms with Gasteiger partial charge in [-0.1, -0.05) is 61.5 Å². The molecule has 298 valence electrons. The Morgan fingerprint density at radius 3 is 2.35 bits per heavy atom. The van der Waals surface area contributed by atoms with Crippen LogP contribution in [0.2, 0.25) is 18.6 Å². The predicted molar refractivity (Wildman–Crippen MR) is 216 cm³/mol. The summed E-state index contributed by atoms with van der Waals surface area (Å²) >= 11 is 0. The Labute approximate surface area is 333 Å². The molecule has 3 amide bonds. The van der Waals surface area contributed by atoms with E-state index < -0.39 is 31.6 Å². The normalized spacial score (nSPS) is 21.1. The second-order valence-corrected chi connectivity index (χ2v) is 19.2. The van der Waals surface area contributed by atoms with Crippen molar-refractivity contribution in [3.8, 4) is 11.5 Å². The van der Waals surface area contributed by atoms with E-state index in [0.717, 1.165) is 5.56 Å². The minimum absolute atomic E-state index is 0.0743. The molecule has 4 aromatic carbocycles. The van der Waals surface area contributed by atoms with Crippen LogP contribution in [0.5, 0.6) is 11.5 Å². The van der Waals surface area contributed by atoms with E-state index >= 15 is 8.90 Å². The topological polar surface area (TPSA) is 126 Å². The minimum Gasteiger partial charge on any atom is -0.469 e. The Hall–Kier alpha value is -5.37. The standard InChI is InChI=1S/C44H48FN3O8Si/c1-29-41(57(3,4)45)38(27-39(50)46(24-25-49)28-30-14-6-5-7-15-30)56-44(29)33-26-31(21-22-34(33)47(43(44)53)23-13-12-20-40(51)54-2)48-35-17-9-11-19-37(35)55-36-18-10-8-16-32(36)42(48)52/h5-11,14-19,21-22,26,29,38,41,49H,12-13,20,23-25,27-28H2,1-4H3/t29-,38+,41-,44+/m1/s1. The Kier molecular flexibility index (Phi) is 11.4. The fourth-order valence-corrected chi connectivity index (χ4v) is 11.3. The van der Waals surface area contributed by atoms with Crippen LogP contribution in [-0.2, 0) is 36.0 Å². The molecule has 0 bridgehead atoms. The number of rotatable bonds is 13. The molecule has 13 heteroatoms. The smallest absolute Gasteiger partial charge is 0.305 e. The van der Waals surface area contributed by atoms with E-state index in [1.54, 1.807) is 77.5 Å². The molecule has 0 aliphatic carbocycles. The van der Waals surface area contributed by atoms with Crippen LogP contribution in [-0.4, -0.2) is 75.0 Å². The molecular formula is C44H48FN3O8Si. The zero-order valence-electron chi connectivity index (χ0n) is 32.7. The summed E-state index contributed by atoms with van der Waals surface area (Å²) in [5.41, 5.74) is 0.745. The van der Waals surface area contributed by atoms with Crippen molar-refractivity contribution in [3.05, 3.63) is 114 Å². The van der Waals surface area contributed by atoms with Gasteiger partial charge in [0.25, 0.3) is 11.8 Å². The van der Waals surface area contributed by atoms with Gasteiger partial charge in [-0.15, -0.1) is 0 Å². The van der Waals surface area contributed by atoms with E-state index in [4.69, 9.17) is 14.2 Å². The highest BCUT2D eigenvalue weighted by atomic mass is 28.4. The number of amides is 3. The van der Waals surface area contributed by atoms with Crippen LogP contribution >= 0.6 is 0 Å². The van der Waals surface area contributed by atoms with Gasteiger partial charge >= 0.3 is 5.97 Å². The van der Waals surface area contributed by atoms with Gasteiger partial charge in [0.2, 0.25) is 14.3 Å². The molecule has 0 unspecified atom stereocenters. The monoisotopic (exact) mass is 793 g/mol. The van der Waals surface area contributed by atoms with E-state index in [-0.39, 0.29) is 62.8 Å². The van der Waals surface area contributed by atoms with Gasteiger partial charge in [0, 0.05) is 48.8 Å². The fraction of sp³-hybridized carbons (Fsp3) is 0.364. The number of unbranched alkanes of at least 4 members (excludes halogenated alkanes) is 1. The fourth-order valence-electron chi connectivity index (χ4n) is 8.82. The highest BCUT2D eigenvalue weighted by Crippen LogP contribution is 2.61. The number of carbonyl (C=O) groups excluding carboxylic acids is 4. The quantitative estimate of drug-likeness (QED) is 0.0634. The van der Waals surface area contributed by atoms with E-state index in [2.05, 4.69) is 0 Å². The lowest BCUT2D eigenvalue weighted by molar-refractivity contribution is -0.149. The zero-order valence-corrected chi connectivity index (χ0v) is 33.7. The molecule has 1 saturated heterocycles. The summed E-state index contributed by atoms with van der Waals surface area (Å²) in [6.07, 6.45) is -0.0288. The maximum atomic E-state index is 16.8. The third kappa shape index (κ3) is 7.47. The molecule has 11 nitrogen and oxygen atoms in total. The first-order valence-electron chi connectivity index (χ1n) is 19.4. The summed E-state index contributed by atoms with van der Waals surface area (Å²) in [6, 6.07) is 29.0. The Morgan fingerprint density at radius 2 is 1.63 bits per heavy atom. The first kappa shape index (κ1) is 39.8. The number of para-hydroxylation sites is 3. The van der Waals surface area contributed by atoms with Gasteiger partial charge in [0.1, 0.15) is 5.75 Å². The van der Waals surface area contributed by atoms with Crippen molar-refractivity contribution in [2.24, 2.45) is 5.92 Å². The molecule has 7 rings (SSSR count). The number of carbonyl (C=O) groups is 4. The van der Waals surface area contributed by atoms with Gasteiger partial charge in [-0.2, -0.15) is 0 Å². The Morgan fingerprint density at radius 1 is 0.930 bits per heavy atom. The van der Waals surface area contributed by atoms with Crippen LogP contribution in [0.25, 0.3) is 0 Å². The molecule has 3 heterocycles. The summed E-state index contributed by atoms with van der Waals surface area (Å²) < 4.78 is 34.8. The van der Waals surface area contributed by atoms with Crippen molar-refractivity contribution in [2.75, 3.05) is 36.6 Å². The van der Waals surface area contributed by atoms with Crippen molar-refractivity contribution in [3.63, 3.8) is 0 Å². The molecule has 0 aromatic heterocycles. The highest BCUT2D eigenvalue weighted by molar-refractivity contribution is 6.72. The number of ether oxygens (including phenoxy) is 3. The van der Waals surface area contributed by atoms with Gasteiger partial charge in [0.15, 0.2) is 11.4 Å². The molecule has 0 saturated carbocycles. The third-order valence-corrected chi connectivity index (χ3v) is 13.9. The first-order chi connectivity index (χ1) is 27.4. The number of benzene rings is 4. The van der Waals surface area contributed by atoms with E-state index in [9.17, 15) is 19.5 Å². The summed E-state index contributed by atoms with van der Waals surface area (Å²) in [6.45, 7) is 5.29. The van der Waals surface area contributed by atoms with E-state index in [0.29, 0.717) is 52.5 Å². The van der Waals surface area contributed by atoms with Gasteiger partial charge in [-0.05, 0) is 74.0 Å². The molecule has 0 radical (unpaired) electrons. The first-order valence-corrected chi connectivity index (χ1v) is 22.4. The number of esters is 1. The van der Waals surface area contributed by atoms with Crippen molar-refractivity contribution >= 4 is 49.2 Å². The molecule has 3 aliphatic heterocycles. The number of halogens is 1. The Bertz CT molecular complexity index is 2160. The summed E-state index contributed by atoms with van der Waals surface area (Å²) in [4.78, 5) is 60.3. The maximum absolute atomic E-state index is 16.8. The molecule has 3 aliphatic rings. The van der Waals surface area contributed by atoms with Gasteiger partial charge < -0.3 is 33.2 Å². The number of anilines is 3. The van der Waals surface area contributed by atoms with Crippen LogP contribution in [0, 0.1) is 5.92 Å². The summed E-state index contributed by atoms with van der Waals surface area (Å²) in [5, 5.41) is 9.92. The zero-order chi connectivity index (χ0) is 40.5. The SMILES string of the molecule is COC(=O)CCCCN1C(=O)[C@@]2(O[C@@H](CC(=O)N(CCO)Cc3ccccc3)[C@H]([Si](C)(C)F)[C@H]2C)c2cc(N3C(=O)c4ccccc4Oc4ccccc43)ccc21. The van der Waals surface area contributed by atoms with Crippen molar-refractivity contribution < 1.29 is 42.6 Å². The molecule has 1 N–H and O–H groups in total. The minimum atomic E-state index is -3.66. The van der Waals surface area contributed by atoms with Crippen LogP contribution in [0.15, 0.2) is 97.1 Å². The summed E-state index contributed by atoms with van der Waals surface area (Å²) in [5.74, 6) is -1.23. The molecule has 57 heavy (non-hydrogen) atoms. The lowest BCUT2D eigenvalue weighted by Gasteiger charge is -2.31. The average molecular weight is 794 g/mol. The van der Waals surface area contributed by atoms with Crippen molar-refractivity contribution in [1.29, 1.82) is 0 Å². The highest BCUT2D eigenvalue weighted by Gasteiger charge is 2.67. The third-order valence-electron chi connectivity index (χ3n) is 11.4.